The lowest BCUT2D eigenvalue weighted by molar-refractivity contribution is 0.107. The third-order valence-corrected chi connectivity index (χ3v) is 15.2. The maximum Gasteiger partial charge on any atom is 0.135 e. The third-order valence-electron chi connectivity index (χ3n) is 15.2. The lowest BCUT2D eigenvalue weighted by Gasteiger charge is -2.30. The summed E-state index contributed by atoms with van der Waals surface area (Å²) in [6.45, 7) is 13.4. The largest absolute Gasteiger partial charge is 0.487 e. The van der Waals surface area contributed by atoms with E-state index >= 15 is 0 Å². The van der Waals surface area contributed by atoms with E-state index in [1.165, 1.54) is 43.7 Å². The summed E-state index contributed by atoms with van der Waals surface area (Å²) in [5, 5.41) is 7.15. The lowest BCUT2D eigenvalue weighted by atomic mass is 9.82. The molecule has 3 aromatic heterocycles. The normalized spacial score (nSPS) is 12.3. The second-order valence-corrected chi connectivity index (χ2v) is 21.3. The number of hydrogen-bond donors (Lipinski definition) is 0. The molecule has 0 N–H and O–H groups in total. The second-order valence-electron chi connectivity index (χ2n) is 21.3. The molecule has 0 unspecified atom stereocenters. The number of rotatable bonds is 9. The zero-order valence-corrected chi connectivity index (χ0v) is 42.2. The number of nitrogens with zero attached hydrogens (tertiary/aromatic N) is 2. The average Bonchev–Trinajstić information content (AvgIpc) is 4.08. The Morgan fingerprint density at radius 3 is 1.37 bits per heavy atom. The molecule has 0 spiro atoms. The number of para-hydroxylation sites is 3. The Morgan fingerprint density at radius 1 is 0.370 bits per heavy atom. The number of benzene rings is 10. The average molecular weight is 945 g/mol. The van der Waals surface area contributed by atoms with Gasteiger partial charge >= 0.3 is 0 Å². The van der Waals surface area contributed by atoms with Crippen LogP contribution < -0.4 is 4.74 Å². The molecule has 10 aromatic carbocycles. The minimum atomic E-state index is -0.352. The van der Waals surface area contributed by atoms with Crippen molar-refractivity contribution >= 4 is 65.6 Å². The second kappa shape index (κ2) is 17.0. The first-order valence-corrected chi connectivity index (χ1v) is 25.6. The van der Waals surface area contributed by atoms with Crippen LogP contribution in [0, 0.1) is 0 Å². The topological polar surface area (TPSA) is 32.2 Å². The van der Waals surface area contributed by atoms with Crippen LogP contribution in [-0.2, 0) is 5.41 Å². The number of ether oxygens (including phenoxy) is 1. The van der Waals surface area contributed by atoms with Crippen LogP contribution >= 0.6 is 0 Å². The van der Waals surface area contributed by atoms with Gasteiger partial charge in [-0.15, -0.1) is 0 Å². The van der Waals surface area contributed by atoms with Crippen molar-refractivity contribution in [1.29, 1.82) is 0 Å². The van der Waals surface area contributed by atoms with Crippen LogP contribution in [0.3, 0.4) is 0 Å². The summed E-state index contributed by atoms with van der Waals surface area (Å²) in [5.41, 5.74) is 18.7. The summed E-state index contributed by atoms with van der Waals surface area (Å²) in [6, 6.07) is 79.6. The van der Waals surface area contributed by atoms with Crippen LogP contribution in [0.1, 0.15) is 53.5 Å². The third kappa shape index (κ3) is 7.59. The molecule has 4 heteroatoms. The zero-order valence-electron chi connectivity index (χ0n) is 42.2. The summed E-state index contributed by atoms with van der Waals surface area (Å²) in [4.78, 5) is 0. The smallest absolute Gasteiger partial charge is 0.135 e. The molecular formula is C69H56N2O2. The lowest BCUT2D eigenvalue weighted by Crippen LogP contribution is -2.27. The summed E-state index contributed by atoms with van der Waals surface area (Å²) >= 11 is 0. The highest BCUT2D eigenvalue weighted by molar-refractivity contribution is 6.12. The predicted molar refractivity (Wildman–Crippen MR) is 308 cm³/mol. The summed E-state index contributed by atoms with van der Waals surface area (Å²) in [5.74, 6) is 0.923. The molecule has 0 bridgehead atoms. The van der Waals surface area contributed by atoms with E-state index in [1.54, 1.807) is 0 Å². The van der Waals surface area contributed by atoms with Gasteiger partial charge in [0.05, 0.1) is 22.1 Å². The van der Waals surface area contributed by atoms with Gasteiger partial charge in [0.15, 0.2) is 0 Å². The number of aromatic nitrogens is 2. The van der Waals surface area contributed by atoms with Gasteiger partial charge in [0.2, 0.25) is 0 Å². The summed E-state index contributed by atoms with van der Waals surface area (Å²) in [6.07, 6.45) is 0.883. The quantitative estimate of drug-likeness (QED) is 0.144. The Labute approximate surface area is 426 Å². The summed E-state index contributed by atoms with van der Waals surface area (Å²) in [7, 11) is 0. The molecule has 0 aliphatic rings. The Morgan fingerprint density at radius 2 is 0.808 bits per heavy atom. The van der Waals surface area contributed by atoms with Gasteiger partial charge in [-0.3, -0.25) is 0 Å². The van der Waals surface area contributed by atoms with Gasteiger partial charge in [-0.25, -0.2) is 0 Å². The molecule has 0 saturated heterocycles. The Bertz CT molecular complexity index is 4220. The van der Waals surface area contributed by atoms with Crippen LogP contribution in [0.25, 0.3) is 121 Å². The van der Waals surface area contributed by atoms with Gasteiger partial charge in [-0.05, 0) is 156 Å². The standard InChI is InChI=1S/C69H56N2O2/c1-7-69(5,6)73-67-56(44-18-9-8-10-19-44)42-50(68(2,3)4)43-57(67)45-28-33-51(34-29-45)70-63-27-16-13-24-55(63)58-39-47(30-35-64(58)70)49-32-37-66-60(41-49)59-40-48(31-36-65(59)72-66)46-20-17-21-52(38-46)71-61-25-14-11-22-53(61)54-23-12-15-26-62(54)71/h8-43H,7H2,1-6H3. The van der Waals surface area contributed by atoms with E-state index < -0.39 is 0 Å². The number of furan rings is 1. The van der Waals surface area contributed by atoms with E-state index in [4.69, 9.17) is 9.15 Å². The molecule has 0 atom stereocenters. The minimum absolute atomic E-state index is 0.0652. The fourth-order valence-corrected chi connectivity index (χ4v) is 10.9. The summed E-state index contributed by atoms with van der Waals surface area (Å²) < 4.78 is 18.3. The van der Waals surface area contributed by atoms with Gasteiger partial charge in [-0.1, -0.05) is 155 Å². The van der Waals surface area contributed by atoms with Crippen molar-refractivity contribution in [2.45, 2.75) is 59.0 Å². The maximum atomic E-state index is 7.04. The van der Waals surface area contributed by atoms with E-state index in [0.29, 0.717) is 0 Å². The van der Waals surface area contributed by atoms with Gasteiger partial charge in [-0.2, -0.15) is 0 Å². The molecule has 3 heterocycles. The van der Waals surface area contributed by atoms with E-state index in [2.05, 4.69) is 269 Å². The maximum absolute atomic E-state index is 7.04. The van der Waals surface area contributed by atoms with E-state index in [0.717, 1.165) is 95.5 Å². The molecular weight excluding hydrogens is 889 g/mol. The fourth-order valence-electron chi connectivity index (χ4n) is 10.9. The van der Waals surface area contributed by atoms with Crippen LogP contribution in [0.5, 0.6) is 5.75 Å². The van der Waals surface area contributed by atoms with Crippen molar-refractivity contribution in [3.63, 3.8) is 0 Å². The Balaban J connectivity index is 0.878. The monoisotopic (exact) mass is 944 g/mol. The molecule has 0 aliphatic carbocycles. The van der Waals surface area contributed by atoms with Gasteiger partial charge in [0.25, 0.3) is 0 Å². The molecule has 4 nitrogen and oxygen atoms in total. The van der Waals surface area contributed by atoms with E-state index in [9.17, 15) is 0 Å². The molecule has 0 radical (unpaired) electrons. The highest BCUT2D eigenvalue weighted by atomic mass is 16.5. The van der Waals surface area contributed by atoms with Crippen LogP contribution in [0.4, 0.5) is 0 Å². The Hall–Kier alpha value is -8.60. The molecule has 0 aliphatic heterocycles. The number of hydrogen-bond acceptors (Lipinski definition) is 2. The first-order valence-electron chi connectivity index (χ1n) is 25.6. The van der Waals surface area contributed by atoms with Crippen LogP contribution in [0.2, 0.25) is 0 Å². The SMILES string of the molecule is CCC(C)(C)Oc1c(-c2ccccc2)cc(C(C)(C)C)cc1-c1ccc(-n2c3ccccc3c3cc(-c4ccc5oc6ccc(-c7cccc(-n8c9ccccc9c9ccccc98)c7)cc6c5c4)ccc32)cc1. The Kier molecular flexibility index (Phi) is 10.3. The first kappa shape index (κ1) is 44.3. The van der Waals surface area contributed by atoms with Gasteiger partial charge in [0, 0.05) is 54.8 Å². The molecule has 13 aromatic rings. The highest BCUT2D eigenvalue weighted by Crippen LogP contribution is 2.46. The van der Waals surface area contributed by atoms with Crippen molar-refractivity contribution in [2.75, 3.05) is 0 Å². The van der Waals surface area contributed by atoms with Crippen molar-refractivity contribution in [2.24, 2.45) is 0 Å². The molecule has 13 rings (SSSR count). The van der Waals surface area contributed by atoms with Crippen molar-refractivity contribution in [3.8, 4) is 61.6 Å². The van der Waals surface area contributed by atoms with Crippen molar-refractivity contribution in [3.05, 3.63) is 224 Å². The van der Waals surface area contributed by atoms with Crippen molar-refractivity contribution < 1.29 is 9.15 Å². The molecule has 0 amide bonds. The highest BCUT2D eigenvalue weighted by Gasteiger charge is 2.27. The minimum Gasteiger partial charge on any atom is -0.487 e. The zero-order chi connectivity index (χ0) is 49.6. The van der Waals surface area contributed by atoms with Crippen LogP contribution in [-0.4, -0.2) is 14.7 Å². The van der Waals surface area contributed by atoms with E-state index in [1.807, 2.05) is 0 Å². The van der Waals surface area contributed by atoms with Crippen molar-refractivity contribution in [1.82, 2.24) is 9.13 Å². The van der Waals surface area contributed by atoms with Gasteiger partial charge < -0.3 is 18.3 Å². The van der Waals surface area contributed by atoms with Crippen LogP contribution in [0.15, 0.2) is 223 Å². The number of fused-ring (bicyclic) bond motifs is 9. The predicted octanol–water partition coefficient (Wildman–Crippen LogP) is 19.3. The van der Waals surface area contributed by atoms with Gasteiger partial charge in [0.1, 0.15) is 22.5 Å². The molecule has 0 saturated carbocycles. The molecule has 354 valence electrons. The first-order chi connectivity index (χ1) is 35.5. The molecule has 0 fully saturated rings. The van der Waals surface area contributed by atoms with E-state index in [-0.39, 0.29) is 11.0 Å². The fraction of sp³-hybridized carbons (Fsp3) is 0.130. The molecule has 73 heavy (non-hydrogen) atoms.